The van der Waals surface area contributed by atoms with Crippen LogP contribution in [-0.2, 0) is 12.8 Å². The van der Waals surface area contributed by atoms with Crippen LogP contribution < -0.4 is 10.2 Å². The van der Waals surface area contributed by atoms with E-state index in [-0.39, 0.29) is 0 Å². The molecule has 0 unspecified atom stereocenters. The smallest absolute Gasteiger partial charge is 0.147 e. The monoisotopic (exact) mass is 268 g/mol. The molecule has 0 saturated carbocycles. The van der Waals surface area contributed by atoms with E-state index in [2.05, 4.69) is 39.5 Å². The molecule has 104 valence electrons. The largest absolute Gasteiger partial charge is 0.353 e. The number of nitrogens with one attached hydrogen (secondary N) is 1. The van der Waals surface area contributed by atoms with Crippen LogP contribution in [0.15, 0.2) is 42.7 Å². The highest BCUT2D eigenvalue weighted by atomic mass is 15.2. The highest BCUT2D eigenvalue weighted by Crippen LogP contribution is 2.12. The number of anilines is 1. The molecule has 4 nitrogen and oxygen atoms in total. The van der Waals surface area contributed by atoms with E-state index in [9.17, 15) is 0 Å². The van der Waals surface area contributed by atoms with E-state index in [0.717, 1.165) is 50.5 Å². The van der Waals surface area contributed by atoms with E-state index in [0.29, 0.717) is 0 Å². The standard InChI is InChI=1S/C16H20N4/c1-2-4-14(5-3-1)6-7-15-12-18-13-16(19-15)20-10-8-17-9-11-20/h1-5,12-13,17H,6-11H2. The lowest BCUT2D eigenvalue weighted by molar-refractivity contribution is 0.583. The number of nitrogens with zero attached hydrogens (tertiary/aromatic N) is 3. The van der Waals surface area contributed by atoms with Gasteiger partial charge in [-0.3, -0.25) is 4.98 Å². The fraction of sp³-hybridized carbons (Fsp3) is 0.375. The molecule has 0 atom stereocenters. The fourth-order valence-corrected chi connectivity index (χ4v) is 2.48. The number of piperazine rings is 1. The molecule has 0 aliphatic carbocycles. The van der Waals surface area contributed by atoms with Gasteiger partial charge in [-0.15, -0.1) is 0 Å². The van der Waals surface area contributed by atoms with Crippen LogP contribution in [0.4, 0.5) is 5.82 Å². The number of hydrogen-bond acceptors (Lipinski definition) is 4. The van der Waals surface area contributed by atoms with Crippen molar-refractivity contribution in [3.05, 3.63) is 54.0 Å². The van der Waals surface area contributed by atoms with Crippen molar-refractivity contribution in [3.63, 3.8) is 0 Å². The van der Waals surface area contributed by atoms with Crippen molar-refractivity contribution in [2.45, 2.75) is 12.8 Å². The Bertz CT molecular complexity index is 535. The van der Waals surface area contributed by atoms with Crippen molar-refractivity contribution in [1.82, 2.24) is 15.3 Å². The minimum Gasteiger partial charge on any atom is -0.353 e. The minimum atomic E-state index is 0.941. The maximum absolute atomic E-state index is 4.75. The van der Waals surface area contributed by atoms with E-state index in [1.54, 1.807) is 0 Å². The summed E-state index contributed by atoms with van der Waals surface area (Å²) in [7, 11) is 0. The third-order valence-electron chi connectivity index (χ3n) is 3.63. The third kappa shape index (κ3) is 3.33. The van der Waals surface area contributed by atoms with E-state index in [1.165, 1.54) is 5.56 Å². The summed E-state index contributed by atoms with van der Waals surface area (Å²) in [5.41, 5.74) is 2.42. The predicted octanol–water partition coefficient (Wildman–Crippen LogP) is 1.67. The lowest BCUT2D eigenvalue weighted by atomic mass is 10.1. The number of hydrogen-bond donors (Lipinski definition) is 1. The Morgan fingerprint density at radius 1 is 1.00 bits per heavy atom. The van der Waals surface area contributed by atoms with Crippen molar-refractivity contribution >= 4 is 5.82 Å². The molecule has 20 heavy (non-hydrogen) atoms. The molecule has 1 aromatic carbocycles. The van der Waals surface area contributed by atoms with Gasteiger partial charge in [-0.05, 0) is 18.4 Å². The Kier molecular flexibility index (Phi) is 4.23. The average Bonchev–Trinajstić information content (AvgIpc) is 2.55. The topological polar surface area (TPSA) is 41.1 Å². The van der Waals surface area contributed by atoms with Gasteiger partial charge in [0.1, 0.15) is 5.82 Å². The first-order valence-corrected chi connectivity index (χ1v) is 7.22. The number of rotatable bonds is 4. The number of aryl methyl sites for hydroxylation is 2. The van der Waals surface area contributed by atoms with Gasteiger partial charge in [-0.1, -0.05) is 30.3 Å². The summed E-state index contributed by atoms with van der Waals surface area (Å²) in [6, 6.07) is 10.5. The summed E-state index contributed by atoms with van der Waals surface area (Å²) >= 11 is 0. The number of benzene rings is 1. The minimum absolute atomic E-state index is 0.941. The van der Waals surface area contributed by atoms with Gasteiger partial charge in [0.05, 0.1) is 11.9 Å². The highest BCUT2D eigenvalue weighted by molar-refractivity contribution is 5.37. The zero-order chi connectivity index (χ0) is 13.6. The zero-order valence-electron chi connectivity index (χ0n) is 11.6. The van der Waals surface area contributed by atoms with Crippen molar-refractivity contribution < 1.29 is 0 Å². The summed E-state index contributed by atoms with van der Waals surface area (Å²) in [5, 5.41) is 3.36. The molecule has 1 fully saturated rings. The van der Waals surface area contributed by atoms with E-state index in [4.69, 9.17) is 4.98 Å². The van der Waals surface area contributed by atoms with Gasteiger partial charge >= 0.3 is 0 Å². The molecule has 3 rings (SSSR count). The van der Waals surface area contributed by atoms with Gasteiger partial charge in [-0.25, -0.2) is 4.98 Å². The van der Waals surface area contributed by atoms with Gasteiger partial charge in [0.2, 0.25) is 0 Å². The van der Waals surface area contributed by atoms with Gasteiger partial charge in [0.15, 0.2) is 0 Å². The quantitative estimate of drug-likeness (QED) is 0.916. The first-order valence-electron chi connectivity index (χ1n) is 7.22. The predicted molar refractivity (Wildman–Crippen MR) is 81.0 cm³/mol. The second-order valence-corrected chi connectivity index (χ2v) is 5.09. The van der Waals surface area contributed by atoms with Crippen LogP contribution in [0.5, 0.6) is 0 Å². The summed E-state index contributed by atoms with van der Waals surface area (Å²) in [6.45, 7) is 4.07. The summed E-state index contributed by atoms with van der Waals surface area (Å²) < 4.78 is 0. The van der Waals surface area contributed by atoms with Gasteiger partial charge < -0.3 is 10.2 Å². The molecule has 4 heteroatoms. The third-order valence-corrected chi connectivity index (χ3v) is 3.63. The van der Waals surface area contributed by atoms with Crippen LogP contribution in [0.1, 0.15) is 11.3 Å². The average molecular weight is 268 g/mol. The Balaban J connectivity index is 1.65. The summed E-state index contributed by atoms with van der Waals surface area (Å²) in [4.78, 5) is 11.4. The molecule has 0 spiro atoms. The molecule has 1 aromatic heterocycles. The molecule has 1 saturated heterocycles. The van der Waals surface area contributed by atoms with Crippen LogP contribution in [0.25, 0.3) is 0 Å². The van der Waals surface area contributed by atoms with Crippen molar-refractivity contribution in [1.29, 1.82) is 0 Å². The second kappa shape index (κ2) is 6.48. The molecule has 2 aromatic rings. The first-order chi connectivity index (χ1) is 9.92. The lowest BCUT2D eigenvalue weighted by Gasteiger charge is -2.28. The Labute approximate surface area is 119 Å². The van der Waals surface area contributed by atoms with Crippen LogP contribution >= 0.6 is 0 Å². The van der Waals surface area contributed by atoms with Gasteiger partial charge in [0, 0.05) is 32.4 Å². The molecular weight excluding hydrogens is 248 g/mol. The van der Waals surface area contributed by atoms with Gasteiger partial charge in [0.25, 0.3) is 0 Å². The van der Waals surface area contributed by atoms with Crippen LogP contribution in [0, 0.1) is 0 Å². The SMILES string of the molecule is c1ccc(CCc2cncc(N3CCNCC3)n2)cc1. The summed E-state index contributed by atoms with van der Waals surface area (Å²) in [5.74, 6) is 1.01. The maximum atomic E-state index is 4.75. The Morgan fingerprint density at radius 3 is 2.60 bits per heavy atom. The second-order valence-electron chi connectivity index (χ2n) is 5.09. The lowest BCUT2D eigenvalue weighted by Crippen LogP contribution is -2.44. The fourth-order valence-electron chi connectivity index (χ4n) is 2.48. The van der Waals surface area contributed by atoms with Crippen LogP contribution in [0.3, 0.4) is 0 Å². The zero-order valence-corrected chi connectivity index (χ0v) is 11.6. The molecule has 1 N–H and O–H groups in total. The molecule has 2 heterocycles. The van der Waals surface area contributed by atoms with E-state index in [1.807, 2.05) is 18.5 Å². The van der Waals surface area contributed by atoms with Crippen molar-refractivity contribution in [3.8, 4) is 0 Å². The van der Waals surface area contributed by atoms with Gasteiger partial charge in [-0.2, -0.15) is 0 Å². The van der Waals surface area contributed by atoms with Crippen molar-refractivity contribution in [2.24, 2.45) is 0 Å². The molecule has 0 amide bonds. The van der Waals surface area contributed by atoms with Crippen LogP contribution in [0.2, 0.25) is 0 Å². The number of aromatic nitrogens is 2. The van der Waals surface area contributed by atoms with E-state index < -0.39 is 0 Å². The highest BCUT2D eigenvalue weighted by Gasteiger charge is 2.12. The molecular formula is C16H20N4. The Hall–Kier alpha value is -1.94. The molecule has 1 aliphatic rings. The maximum Gasteiger partial charge on any atom is 0.147 e. The van der Waals surface area contributed by atoms with Crippen molar-refractivity contribution in [2.75, 3.05) is 31.1 Å². The first kappa shape index (κ1) is 13.1. The normalized spacial score (nSPS) is 15.3. The molecule has 0 bridgehead atoms. The summed E-state index contributed by atoms with van der Waals surface area (Å²) in [6.07, 6.45) is 5.71. The Morgan fingerprint density at radius 2 is 1.80 bits per heavy atom. The molecule has 1 aliphatic heterocycles. The van der Waals surface area contributed by atoms with Crippen LogP contribution in [-0.4, -0.2) is 36.1 Å². The molecule has 0 radical (unpaired) electrons. The van der Waals surface area contributed by atoms with E-state index >= 15 is 0 Å².